The Kier molecular flexibility index (Phi) is 12.6. The van der Waals surface area contributed by atoms with Crippen LogP contribution in [0.5, 0.6) is 11.5 Å². The van der Waals surface area contributed by atoms with E-state index >= 15 is 0 Å². The molecule has 0 saturated heterocycles. The molecule has 0 aliphatic rings. The van der Waals surface area contributed by atoms with Gasteiger partial charge in [0.05, 0.1) is 25.7 Å². The minimum atomic E-state index is -3.58. The fraction of sp³-hybridized carbons (Fsp3) is 0.517. The van der Waals surface area contributed by atoms with E-state index in [1.54, 1.807) is 36.3 Å². The maximum absolute atomic E-state index is 13.6. The number of hydrogen-bond acceptors (Lipinski definition) is 6. The minimum Gasteiger partial charge on any atom is -0.497 e. The number of carbonyl (C=O) groups excluding carboxylic acids is 2. The van der Waals surface area contributed by atoms with Crippen molar-refractivity contribution in [2.45, 2.75) is 59.5 Å². The number of amides is 2. The van der Waals surface area contributed by atoms with Crippen molar-refractivity contribution in [2.24, 2.45) is 5.92 Å². The van der Waals surface area contributed by atoms with Gasteiger partial charge in [-0.1, -0.05) is 32.9 Å². The molecule has 0 saturated carbocycles. The van der Waals surface area contributed by atoms with Gasteiger partial charge in [-0.15, -0.1) is 0 Å². The molecule has 0 fully saturated rings. The molecular weight excluding hydrogens is 518 g/mol. The minimum absolute atomic E-state index is 0.0843. The van der Waals surface area contributed by atoms with Crippen molar-refractivity contribution in [3.8, 4) is 11.5 Å². The van der Waals surface area contributed by atoms with E-state index < -0.39 is 16.1 Å². The quantitative estimate of drug-likeness (QED) is 0.329. The second kappa shape index (κ2) is 15.4. The lowest BCUT2D eigenvalue weighted by Crippen LogP contribution is -2.49. The third kappa shape index (κ3) is 10.1. The van der Waals surface area contributed by atoms with Gasteiger partial charge in [0.25, 0.3) is 0 Å². The monoisotopic (exact) mass is 561 g/mol. The Balaban J connectivity index is 2.22. The van der Waals surface area contributed by atoms with E-state index in [9.17, 15) is 18.0 Å². The Morgan fingerprint density at radius 1 is 1.03 bits per heavy atom. The molecule has 39 heavy (non-hydrogen) atoms. The lowest BCUT2D eigenvalue weighted by molar-refractivity contribution is -0.141. The maximum atomic E-state index is 13.6. The SMILES string of the molecule is CCOc1ccc(N(CCCC(=O)N(Cc2cccc(OC)c2)[C@@H](CC)C(=O)NCC(C)C)S(C)(=O)=O)cc1. The van der Waals surface area contributed by atoms with Crippen LogP contribution in [-0.2, 0) is 26.2 Å². The molecule has 2 aromatic carbocycles. The zero-order chi connectivity index (χ0) is 29.0. The molecule has 1 atom stereocenters. The van der Waals surface area contributed by atoms with Crippen LogP contribution in [0.25, 0.3) is 0 Å². The lowest BCUT2D eigenvalue weighted by atomic mass is 10.1. The van der Waals surface area contributed by atoms with Gasteiger partial charge in [-0.05, 0) is 67.6 Å². The first kappa shape index (κ1) is 31.9. The van der Waals surface area contributed by atoms with Crippen molar-refractivity contribution < 1.29 is 27.5 Å². The summed E-state index contributed by atoms with van der Waals surface area (Å²) in [6, 6.07) is 13.6. The van der Waals surface area contributed by atoms with Crippen LogP contribution in [0.1, 0.15) is 52.5 Å². The third-order valence-corrected chi connectivity index (χ3v) is 7.34. The van der Waals surface area contributed by atoms with Crippen LogP contribution in [0, 0.1) is 5.92 Å². The van der Waals surface area contributed by atoms with Crippen LogP contribution in [0.15, 0.2) is 48.5 Å². The number of nitrogens with one attached hydrogen (secondary N) is 1. The Hall–Kier alpha value is -3.27. The average Bonchev–Trinajstić information content (AvgIpc) is 2.90. The number of anilines is 1. The first-order chi connectivity index (χ1) is 18.5. The lowest BCUT2D eigenvalue weighted by Gasteiger charge is -2.31. The first-order valence-electron chi connectivity index (χ1n) is 13.4. The Labute approximate surface area is 233 Å². The number of nitrogens with zero attached hydrogens (tertiary/aromatic N) is 2. The summed E-state index contributed by atoms with van der Waals surface area (Å²) in [4.78, 5) is 28.2. The number of ether oxygens (including phenoxy) is 2. The Bertz CT molecular complexity index is 1170. The standard InChI is InChI=1S/C29H43N3O6S/c1-7-27(29(34)30-20-22(3)4)31(21-23-11-9-12-26(19-23)37-5)28(33)13-10-18-32(39(6,35)36)24-14-16-25(17-15-24)38-8-2/h9,11-12,14-17,19,22,27H,7-8,10,13,18,20-21H2,1-6H3,(H,30,34)/t27-/m0/s1. The van der Waals surface area contributed by atoms with Crippen LogP contribution in [-0.4, -0.2) is 64.2 Å². The van der Waals surface area contributed by atoms with E-state index in [4.69, 9.17) is 9.47 Å². The van der Waals surface area contributed by atoms with E-state index in [0.29, 0.717) is 36.8 Å². The molecule has 2 rings (SSSR count). The summed E-state index contributed by atoms with van der Waals surface area (Å²) in [5, 5.41) is 2.95. The van der Waals surface area contributed by atoms with Crippen molar-refractivity contribution in [1.29, 1.82) is 0 Å². The van der Waals surface area contributed by atoms with Crippen LogP contribution >= 0.6 is 0 Å². The van der Waals surface area contributed by atoms with Crippen LogP contribution in [0.4, 0.5) is 5.69 Å². The molecule has 216 valence electrons. The van der Waals surface area contributed by atoms with E-state index in [2.05, 4.69) is 5.32 Å². The van der Waals surface area contributed by atoms with Crippen molar-refractivity contribution in [2.75, 3.05) is 37.4 Å². The highest BCUT2D eigenvalue weighted by Gasteiger charge is 2.29. The second-order valence-electron chi connectivity index (χ2n) is 9.80. The average molecular weight is 562 g/mol. The number of rotatable bonds is 16. The fourth-order valence-corrected chi connectivity index (χ4v) is 5.15. The molecule has 0 aliphatic carbocycles. The van der Waals surface area contributed by atoms with Gasteiger partial charge in [0.1, 0.15) is 17.5 Å². The smallest absolute Gasteiger partial charge is 0.242 e. The molecule has 0 spiro atoms. The van der Waals surface area contributed by atoms with Gasteiger partial charge in [0.2, 0.25) is 21.8 Å². The molecule has 0 bridgehead atoms. The van der Waals surface area contributed by atoms with Gasteiger partial charge in [0, 0.05) is 26.1 Å². The number of benzene rings is 2. The highest BCUT2D eigenvalue weighted by atomic mass is 32.2. The summed E-state index contributed by atoms with van der Waals surface area (Å²) in [5.74, 6) is 1.17. The summed E-state index contributed by atoms with van der Waals surface area (Å²) in [6.07, 6.45) is 1.96. The molecule has 0 heterocycles. The largest absolute Gasteiger partial charge is 0.497 e. The summed E-state index contributed by atoms with van der Waals surface area (Å²) in [7, 11) is -2.00. The highest BCUT2D eigenvalue weighted by molar-refractivity contribution is 7.92. The molecule has 0 unspecified atom stereocenters. The van der Waals surface area contributed by atoms with Crippen LogP contribution in [0.3, 0.4) is 0 Å². The predicted molar refractivity (Wildman–Crippen MR) is 155 cm³/mol. The molecule has 0 aliphatic heterocycles. The van der Waals surface area contributed by atoms with Gasteiger partial charge in [0.15, 0.2) is 0 Å². The summed E-state index contributed by atoms with van der Waals surface area (Å²) in [6.45, 7) is 9.17. The predicted octanol–water partition coefficient (Wildman–Crippen LogP) is 4.22. The van der Waals surface area contributed by atoms with Gasteiger partial charge in [-0.25, -0.2) is 8.42 Å². The summed E-state index contributed by atoms with van der Waals surface area (Å²) in [5.41, 5.74) is 1.34. The number of carbonyl (C=O) groups is 2. The van der Waals surface area contributed by atoms with Crippen molar-refractivity contribution in [1.82, 2.24) is 10.2 Å². The van der Waals surface area contributed by atoms with E-state index in [-0.39, 0.29) is 43.7 Å². The molecule has 10 heteroatoms. The number of sulfonamides is 1. The zero-order valence-electron chi connectivity index (χ0n) is 24.0. The topological polar surface area (TPSA) is 105 Å². The van der Waals surface area contributed by atoms with Crippen LogP contribution in [0.2, 0.25) is 0 Å². The number of methoxy groups -OCH3 is 1. The van der Waals surface area contributed by atoms with E-state index in [1.807, 2.05) is 52.0 Å². The van der Waals surface area contributed by atoms with Gasteiger partial charge >= 0.3 is 0 Å². The Morgan fingerprint density at radius 2 is 1.72 bits per heavy atom. The Morgan fingerprint density at radius 3 is 2.28 bits per heavy atom. The molecule has 1 N–H and O–H groups in total. The third-order valence-electron chi connectivity index (χ3n) is 6.15. The molecule has 0 radical (unpaired) electrons. The normalized spacial score (nSPS) is 12.1. The molecule has 9 nitrogen and oxygen atoms in total. The number of hydrogen-bond donors (Lipinski definition) is 1. The van der Waals surface area contributed by atoms with E-state index in [1.165, 1.54) is 4.31 Å². The van der Waals surface area contributed by atoms with Gasteiger partial charge < -0.3 is 19.7 Å². The first-order valence-corrected chi connectivity index (χ1v) is 15.3. The second-order valence-corrected chi connectivity index (χ2v) is 11.7. The van der Waals surface area contributed by atoms with Gasteiger partial charge in [-0.3, -0.25) is 13.9 Å². The highest BCUT2D eigenvalue weighted by Crippen LogP contribution is 2.23. The van der Waals surface area contributed by atoms with Crippen LogP contribution < -0.4 is 19.1 Å². The summed E-state index contributed by atoms with van der Waals surface area (Å²) >= 11 is 0. The van der Waals surface area contributed by atoms with Gasteiger partial charge in [-0.2, -0.15) is 0 Å². The van der Waals surface area contributed by atoms with Crippen molar-refractivity contribution >= 4 is 27.5 Å². The maximum Gasteiger partial charge on any atom is 0.242 e. The van der Waals surface area contributed by atoms with E-state index in [0.717, 1.165) is 11.8 Å². The molecule has 2 aromatic rings. The van der Waals surface area contributed by atoms with Crippen molar-refractivity contribution in [3.63, 3.8) is 0 Å². The molecule has 0 aromatic heterocycles. The summed E-state index contributed by atoms with van der Waals surface area (Å²) < 4.78 is 37.2. The molecule has 2 amide bonds. The van der Waals surface area contributed by atoms with Crippen molar-refractivity contribution in [3.05, 3.63) is 54.1 Å². The zero-order valence-corrected chi connectivity index (χ0v) is 24.8. The molecular formula is C29H43N3O6S. The fourth-order valence-electron chi connectivity index (χ4n) is 4.19.